The van der Waals surface area contributed by atoms with Gasteiger partial charge in [-0.1, -0.05) is 79.7 Å². The summed E-state index contributed by atoms with van der Waals surface area (Å²) >= 11 is 0. The van der Waals surface area contributed by atoms with Crippen LogP contribution < -0.4 is 52.6 Å². The van der Waals surface area contributed by atoms with Crippen LogP contribution in [0, 0.1) is 17.2 Å². The number of tetrazole rings is 1. The maximum Gasteiger partial charge on any atom is 0.305 e. The van der Waals surface area contributed by atoms with Crippen LogP contribution in [-0.4, -0.2) is 305 Å². The van der Waals surface area contributed by atoms with Gasteiger partial charge in [0.05, 0.1) is 150 Å². The molecule has 3 heterocycles. The standard InChI is InChI=1S/C85H127FN18O23/c1-10-60-45-65(127-29-14-13-27-104-51-64(98-103-104)53-126-43-42-125-41-40-124-39-38-123-37-36-122-35-34-121-33-32-120-31-30-119-28-15-16-55(2)3)23-24-66(60)61-21-19-59(20-22-61)44-56(4)91-77(112)69(47-73(109)110)92-78(113)70(52-105)93-79(114)74(57(5)106)96-83(118)85(9,48-62-17-11-12-18-67(62)86)97-80(115)75(58(6)107)95-72(108)50-89-76(111)68(46-71-99-101-102-100-71)94-82(117)84(7,8)81(116)88-26-25-63-49-87-54-90-63/h11-12,17-24,45,49,51,54-58,68-70,74-75,105-107H,10,13-16,25-44,46-48,50,52-53H2,1-9H3,(H,87,90)(H,88,116)(H,89,111)(H,91,112)(H,92,113)(H,93,114)(H,94,117)(H,95,108)(H,96,118)(H,97,115)(H,109,110)(H,99,100,101,102). The van der Waals surface area contributed by atoms with E-state index >= 15 is 4.39 Å². The molecule has 702 valence electrons. The summed E-state index contributed by atoms with van der Waals surface area (Å²) in [5.41, 5.74) is 0.904. The fraction of sp³-hybridized carbons (Fsp3) is 0.600. The van der Waals surface area contributed by atoms with Crippen molar-refractivity contribution in [1.82, 2.24) is 93.4 Å². The molecule has 0 aliphatic carbocycles. The molecule has 6 aromatic rings. The number of aliphatic carboxylic acids is 1. The molecule has 0 radical (unpaired) electrons. The van der Waals surface area contributed by atoms with Crippen LogP contribution in [0.5, 0.6) is 5.75 Å². The third kappa shape index (κ3) is 39.1. The van der Waals surface area contributed by atoms with Crippen LogP contribution in [0.3, 0.4) is 0 Å². The highest BCUT2D eigenvalue weighted by atomic mass is 19.1. The van der Waals surface area contributed by atoms with E-state index in [0.29, 0.717) is 137 Å². The summed E-state index contributed by atoms with van der Waals surface area (Å²) in [6.45, 7) is 20.9. The Hall–Kier alpha value is -10.9. The summed E-state index contributed by atoms with van der Waals surface area (Å²) < 4.78 is 68.0. The molecule has 0 saturated carbocycles. The zero-order chi connectivity index (χ0) is 92.5. The van der Waals surface area contributed by atoms with Crippen molar-refractivity contribution in [1.29, 1.82) is 0 Å². The molecule has 3 aromatic heterocycles. The van der Waals surface area contributed by atoms with Crippen LogP contribution in [0.1, 0.15) is 128 Å². The first-order chi connectivity index (χ1) is 60.9. The molecule has 9 amide bonds. The van der Waals surface area contributed by atoms with Crippen LogP contribution >= 0.6 is 0 Å². The number of benzene rings is 3. The number of halogens is 1. The molecule has 6 rings (SSSR count). The first-order valence-corrected chi connectivity index (χ1v) is 42.6. The Balaban J connectivity index is 0.902. The minimum Gasteiger partial charge on any atom is -0.494 e. The Kier molecular flexibility index (Phi) is 47.1. The Morgan fingerprint density at radius 3 is 1.77 bits per heavy atom. The van der Waals surface area contributed by atoms with Gasteiger partial charge in [0, 0.05) is 56.9 Å². The summed E-state index contributed by atoms with van der Waals surface area (Å²) in [6, 6.07) is 8.76. The maximum atomic E-state index is 15.4. The van der Waals surface area contributed by atoms with Crippen LogP contribution in [0.2, 0.25) is 0 Å². The SMILES string of the molecule is CCc1cc(OCCCCn2cc(COCCOCCOCCOCCOCCOCCOCCOCCCC(C)C)nn2)ccc1-c1ccc(CC(C)NC(=O)C(CC(=O)O)NC(=O)C(CO)NC(=O)C(NC(=O)C(C)(Cc2ccccc2F)NC(=O)C(NC(=O)CNC(=O)C(Cc2nn[nH]n2)NC(=O)C(C)(C)C(=O)NCCc2cnc[nH]2)C(C)O)C(C)O)cc1. The summed E-state index contributed by atoms with van der Waals surface area (Å²) in [4.78, 5) is 144. The molecule has 0 aliphatic rings. The van der Waals surface area contributed by atoms with Gasteiger partial charge in [0.15, 0.2) is 5.82 Å². The summed E-state index contributed by atoms with van der Waals surface area (Å²) in [6.07, 6.45) is 4.40. The first-order valence-electron chi connectivity index (χ1n) is 42.6. The molecule has 42 heteroatoms. The number of aromatic amines is 2. The van der Waals surface area contributed by atoms with Gasteiger partial charge in [-0.05, 0) is 132 Å². The largest absolute Gasteiger partial charge is 0.494 e. The van der Waals surface area contributed by atoms with Gasteiger partial charge >= 0.3 is 5.97 Å². The fourth-order valence-corrected chi connectivity index (χ4v) is 12.5. The number of carboxylic acid groups (broad SMARTS) is 1. The molecule has 127 heavy (non-hydrogen) atoms. The number of imidazole rings is 1. The first kappa shape index (κ1) is 105. The van der Waals surface area contributed by atoms with Crippen LogP contribution in [0.15, 0.2) is 85.5 Å². The Morgan fingerprint density at radius 1 is 0.591 bits per heavy atom. The van der Waals surface area contributed by atoms with Crippen molar-refractivity contribution in [2.45, 2.75) is 194 Å². The Bertz CT molecular complexity index is 4300. The van der Waals surface area contributed by atoms with Crippen molar-refractivity contribution in [3.63, 3.8) is 0 Å². The normalized spacial score (nSPS) is 13.9. The van der Waals surface area contributed by atoms with Crippen LogP contribution in [0.4, 0.5) is 4.39 Å². The predicted molar refractivity (Wildman–Crippen MR) is 456 cm³/mol. The number of aryl methyl sites for hydroxylation is 2. The number of nitrogens with one attached hydrogen (secondary N) is 11. The van der Waals surface area contributed by atoms with E-state index < -0.39 is 157 Å². The lowest BCUT2D eigenvalue weighted by Crippen LogP contribution is -2.67. The number of rotatable bonds is 66. The lowest BCUT2D eigenvalue weighted by molar-refractivity contribution is -0.143. The third-order valence-electron chi connectivity index (χ3n) is 19.8. The number of hydrogen-bond acceptors (Lipinski definition) is 28. The second-order valence-corrected chi connectivity index (χ2v) is 31.3. The topological polar surface area (TPSA) is 557 Å². The van der Waals surface area contributed by atoms with Gasteiger partial charge in [-0.3, -0.25) is 52.6 Å². The van der Waals surface area contributed by atoms with Crippen LogP contribution in [-0.2, 0) is 131 Å². The highest BCUT2D eigenvalue weighted by molar-refractivity contribution is 6.06. The van der Waals surface area contributed by atoms with E-state index in [1.165, 1.54) is 44.8 Å². The lowest BCUT2D eigenvalue weighted by Gasteiger charge is -2.34. The number of aliphatic hydroxyl groups is 3. The van der Waals surface area contributed by atoms with Gasteiger partial charge in [0.1, 0.15) is 58.4 Å². The van der Waals surface area contributed by atoms with Crippen molar-refractivity contribution in [3.05, 3.63) is 125 Å². The van der Waals surface area contributed by atoms with Crippen molar-refractivity contribution in [3.8, 4) is 16.9 Å². The predicted octanol–water partition coefficient (Wildman–Crippen LogP) is 0.372. The van der Waals surface area contributed by atoms with E-state index in [4.69, 9.17) is 42.6 Å². The van der Waals surface area contributed by atoms with Crippen LogP contribution in [0.25, 0.3) is 11.1 Å². The number of carbonyl (C=O) groups is 10. The molecule has 3 aromatic carbocycles. The number of nitrogens with zero attached hydrogens (tertiary/aromatic N) is 7. The average Bonchev–Trinajstić information content (AvgIpc) is 1.28. The van der Waals surface area contributed by atoms with Crippen molar-refractivity contribution >= 4 is 59.1 Å². The number of ether oxygens (including phenoxy) is 9. The molecule has 15 N–H and O–H groups in total. The van der Waals surface area contributed by atoms with Gasteiger partial charge in [0.25, 0.3) is 0 Å². The molecule has 0 saturated heterocycles. The Morgan fingerprint density at radius 2 is 1.20 bits per heavy atom. The fourth-order valence-electron chi connectivity index (χ4n) is 12.5. The molecule has 9 atom stereocenters. The number of aromatic nitrogens is 9. The van der Waals surface area contributed by atoms with Gasteiger partial charge in [-0.15, -0.1) is 15.3 Å². The van der Waals surface area contributed by atoms with E-state index in [9.17, 15) is 68.4 Å². The molecule has 0 aliphatic heterocycles. The highest BCUT2D eigenvalue weighted by Crippen LogP contribution is 2.29. The number of aliphatic hydroxyl groups excluding tert-OH is 3. The van der Waals surface area contributed by atoms with Crippen molar-refractivity contribution < 1.29 is 115 Å². The number of unbranched alkanes of at least 4 members (excludes halogenated alkanes) is 1. The number of amides is 9. The number of carbonyl (C=O) groups excluding carboxylic acids is 9. The van der Waals surface area contributed by atoms with Crippen molar-refractivity contribution in [2.75, 3.05) is 125 Å². The second-order valence-electron chi connectivity index (χ2n) is 31.3. The van der Waals surface area contributed by atoms with E-state index in [1.807, 2.05) is 55.6 Å². The third-order valence-corrected chi connectivity index (χ3v) is 19.8. The molecule has 0 spiro atoms. The number of carboxylic acids is 1. The smallest absolute Gasteiger partial charge is 0.305 e. The molecular formula is C85H127FN18O23. The zero-order valence-electron chi connectivity index (χ0n) is 73.8. The zero-order valence-corrected chi connectivity index (χ0v) is 73.8. The van der Waals surface area contributed by atoms with E-state index in [-0.39, 0.29) is 24.4 Å². The number of H-pyrrole nitrogens is 2. The molecule has 0 fully saturated rings. The number of hydrogen-bond donors (Lipinski definition) is 15. The van der Waals surface area contributed by atoms with E-state index in [1.54, 1.807) is 17.8 Å². The van der Waals surface area contributed by atoms with Crippen molar-refractivity contribution in [2.24, 2.45) is 11.3 Å². The lowest BCUT2D eigenvalue weighted by atomic mass is 9.90. The summed E-state index contributed by atoms with van der Waals surface area (Å²) in [5, 5.41) is 85.5. The molecular weight excluding hydrogens is 1660 g/mol. The second kappa shape index (κ2) is 57.0. The summed E-state index contributed by atoms with van der Waals surface area (Å²) in [7, 11) is 0. The average molecular weight is 1790 g/mol. The minimum absolute atomic E-state index is 0.0518. The molecule has 41 nitrogen and oxygen atoms in total. The highest BCUT2D eigenvalue weighted by Gasteiger charge is 2.43. The van der Waals surface area contributed by atoms with Gasteiger partial charge in [-0.25, -0.2) is 9.37 Å². The van der Waals surface area contributed by atoms with Gasteiger partial charge in [0.2, 0.25) is 53.2 Å². The van der Waals surface area contributed by atoms with Gasteiger partial charge < -0.3 is 116 Å². The van der Waals surface area contributed by atoms with Gasteiger partial charge in [-0.2, -0.15) is 5.21 Å². The quantitative estimate of drug-likeness (QED) is 0.0181. The molecule has 9 unspecified atom stereocenters. The maximum absolute atomic E-state index is 15.4. The minimum atomic E-state index is -2.35. The van der Waals surface area contributed by atoms with E-state index in [2.05, 4.69) is 103 Å². The molecule has 0 bridgehead atoms. The summed E-state index contributed by atoms with van der Waals surface area (Å²) in [5.74, 6) is -10.8. The Labute approximate surface area is 737 Å². The van der Waals surface area contributed by atoms with E-state index in [0.717, 1.165) is 86.4 Å². The monoisotopic (exact) mass is 1790 g/mol.